The zero-order valence-corrected chi connectivity index (χ0v) is 16.6. The summed E-state index contributed by atoms with van der Waals surface area (Å²) in [4.78, 5) is 0. The Hall–Kier alpha value is -2.92. The van der Waals surface area contributed by atoms with E-state index in [1.54, 1.807) is 36.4 Å². The Morgan fingerprint density at radius 2 is 1.31 bits per heavy atom. The van der Waals surface area contributed by atoms with E-state index in [4.69, 9.17) is 9.05 Å². The fraction of sp³-hybridized carbons (Fsp3) is 0.143. The minimum Gasteiger partial charge on any atom is -0.400 e. The molecule has 0 fully saturated rings. The average Bonchev–Trinajstić information content (AvgIpc) is 2.61. The number of halogens is 3. The fourth-order valence-corrected chi connectivity index (χ4v) is 3.98. The van der Waals surface area contributed by atoms with Crippen molar-refractivity contribution < 1.29 is 26.8 Å². The van der Waals surface area contributed by atoms with E-state index >= 15 is 0 Å². The summed E-state index contributed by atoms with van der Waals surface area (Å²) in [5.74, 6) is 0.529. The maximum Gasteiger partial charge on any atom is 0.541 e. The van der Waals surface area contributed by atoms with Crippen LogP contribution in [0.4, 0.5) is 18.9 Å². The van der Waals surface area contributed by atoms with Gasteiger partial charge in [-0.3, -0.25) is 5.09 Å². The normalized spacial score (nSPS) is 11.8. The monoisotopic (exact) mass is 421 g/mol. The summed E-state index contributed by atoms with van der Waals surface area (Å²) in [5.41, 5.74) is 0.816. The van der Waals surface area contributed by atoms with E-state index in [1.165, 1.54) is 12.1 Å². The zero-order valence-electron chi connectivity index (χ0n) is 15.7. The number of hydrogen-bond donors (Lipinski definition) is 1. The van der Waals surface area contributed by atoms with E-state index in [9.17, 15) is 17.7 Å². The van der Waals surface area contributed by atoms with Crippen LogP contribution in [0.25, 0.3) is 0 Å². The van der Waals surface area contributed by atoms with Crippen LogP contribution in [-0.2, 0) is 10.7 Å². The van der Waals surface area contributed by atoms with Crippen molar-refractivity contribution in [3.63, 3.8) is 0 Å². The van der Waals surface area contributed by atoms with Crippen LogP contribution >= 0.6 is 7.75 Å². The first-order valence-corrected chi connectivity index (χ1v) is 10.3. The van der Waals surface area contributed by atoms with Crippen LogP contribution in [0.5, 0.6) is 11.5 Å². The van der Waals surface area contributed by atoms with Crippen molar-refractivity contribution >= 4 is 13.4 Å². The van der Waals surface area contributed by atoms with Crippen molar-refractivity contribution in [3.8, 4) is 11.5 Å². The number of hydrogen-bond acceptors (Lipinski definition) is 3. The molecule has 4 nitrogen and oxygen atoms in total. The first kappa shape index (κ1) is 20.8. The number of alkyl halides is 3. The van der Waals surface area contributed by atoms with Gasteiger partial charge in [0.2, 0.25) is 0 Å². The van der Waals surface area contributed by atoms with Crippen LogP contribution in [0, 0.1) is 13.8 Å². The molecule has 0 aromatic heterocycles. The minimum atomic E-state index is -4.53. The summed E-state index contributed by atoms with van der Waals surface area (Å²) in [5, 5.41) is 2.51. The third kappa shape index (κ3) is 5.78. The van der Waals surface area contributed by atoms with Gasteiger partial charge in [0, 0.05) is 5.69 Å². The molecule has 0 aliphatic carbocycles. The topological polar surface area (TPSA) is 47.6 Å². The van der Waals surface area contributed by atoms with Gasteiger partial charge >= 0.3 is 13.9 Å². The first-order chi connectivity index (χ1) is 13.6. The van der Waals surface area contributed by atoms with Gasteiger partial charge in [0.25, 0.3) is 0 Å². The third-order valence-electron chi connectivity index (χ3n) is 3.89. The maximum absolute atomic E-state index is 13.5. The molecule has 152 valence electrons. The Balaban J connectivity index is 1.95. The summed E-state index contributed by atoms with van der Waals surface area (Å²) >= 11 is 0. The lowest BCUT2D eigenvalue weighted by Crippen LogP contribution is -2.11. The van der Waals surface area contributed by atoms with Crippen molar-refractivity contribution in [3.05, 3.63) is 89.5 Å². The lowest BCUT2D eigenvalue weighted by molar-refractivity contribution is -0.137. The van der Waals surface area contributed by atoms with Gasteiger partial charge in [0.15, 0.2) is 0 Å². The van der Waals surface area contributed by atoms with Crippen LogP contribution < -0.4 is 14.1 Å². The van der Waals surface area contributed by atoms with Crippen molar-refractivity contribution in [2.45, 2.75) is 20.0 Å². The SMILES string of the molecule is Cc1cccc(OP(=O)(Nc2cccc(C(F)(F)F)c2)Oc2cccc(C)c2)c1. The van der Waals surface area contributed by atoms with E-state index in [-0.39, 0.29) is 17.2 Å². The predicted octanol–water partition coefficient (Wildman–Crippen LogP) is 7.00. The molecule has 0 aliphatic heterocycles. The third-order valence-corrected chi connectivity index (χ3v) is 5.32. The molecule has 8 heteroatoms. The predicted molar refractivity (Wildman–Crippen MR) is 106 cm³/mol. The van der Waals surface area contributed by atoms with Gasteiger partial charge < -0.3 is 9.05 Å². The number of aryl methyl sites for hydroxylation is 2. The standard InChI is InChI=1S/C21H19F3NO3P/c1-15-6-3-10-19(12-15)27-29(26,28-20-11-4-7-16(2)13-20)25-18-9-5-8-17(14-18)21(22,23)24/h3-14H,1-2H3,(H,25,26). The number of rotatable bonds is 6. The molecule has 3 aromatic rings. The van der Waals surface area contributed by atoms with Crippen molar-refractivity contribution in [1.82, 2.24) is 0 Å². The summed E-state index contributed by atoms with van der Waals surface area (Å²) < 4.78 is 63.7. The molecule has 1 N–H and O–H groups in total. The summed E-state index contributed by atoms with van der Waals surface area (Å²) in [7, 11) is -4.11. The molecule has 0 saturated heterocycles. The van der Waals surface area contributed by atoms with Crippen molar-refractivity contribution in [2.75, 3.05) is 5.09 Å². The van der Waals surface area contributed by atoms with Crippen molar-refractivity contribution in [2.24, 2.45) is 0 Å². The smallest absolute Gasteiger partial charge is 0.400 e. The molecule has 29 heavy (non-hydrogen) atoms. The van der Waals surface area contributed by atoms with Gasteiger partial charge in [-0.1, -0.05) is 30.3 Å². The Morgan fingerprint density at radius 1 is 0.793 bits per heavy atom. The van der Waals surface area contributed by atoms with Gasteiger partial charge in [0.1, 0.15) is 11.5 Å². The average molecular weight is 421 g/mol. The Morgan fingerprint density at radius 3 is 1.79 bits per heavy atom. The van der Waals surface area contributed by atoms with Crippen molar-refractivity contribution in [1.29, 1.82) is 0 Å². The molecular formula is C21H19F3NO3P. The zero-order chi connectivity index (χ0) is 21.1. The van der Waals surface area contributed by atoms with Crippen LogP contribution in [0.2, 0.25) is 0 Å². The van der Waals surface area contributed by atoms with Gasteiger partial charge in [-0.15, -0.1) is 0 Å². The molecule has 0 atom stereocenters. The molecule has 0 radical (unpaired) electrons. The number of anilines is 1. The molecule has 0 unspecified atom stereocenters. The second-order valence-corrected chi connectivity index (χ2v) is 8.09. The highest BCUT2D eigenvalue weighted by Crippen LogP contribution is 2.49. The van der Waals surface area contributed by atoms with E-state index in [0.717, 1.165) is 23.3 Å². The highest BCUT2D eigenvalue weighted by Gasteiger charge is 2.33. The first-order valence-electron chi connectivity index (χ1n) is 8.71. The van der Waals surface area contributed by atoms with Crippen LogP contribution in [0.1, 0.15) is 16.7 Å². The summed E-state index contributed by atoms with van der Waals surface area (Å²) in [6.07, 6.45) is -4.53. The highest BCUT2D eigenvalue weighted by atomic mass is 31.2. The van der Waals surface area contributed by atoms with Crippen LogP contribution in [0.15, 0.2) is 72.8 Å². The van der Waals surface area contributed by atoms with Gasteiger partial charge in [-0.05, 0) is 67.4 Å². The van der Waals surface area contributed by atoms with Crippen LogP contribution in [0.3, 0.4) is 0 Å². The number of nitrogens with one attached hydrogen (secondary N) is 1. The second kappa shape index (κ2) is 8.21. The highest BCUT2D eigenvalue weighted by molar-refractivity contribution is 7.56. The molecule has 0 saturated carbocycles. The second-order valence-electron chi connectivity index (χ2n) is 6.50. The lowest BCUT2D eigenvalue weighted by atomic mass is 10.2. The van der Waals surface area contributed by atoms with Gasteiger partial charge in [-0.2, -0.15) is 13.2 Å². The fourth-order valence-electron chi connectivity index (χ4n) is 2.61. The number of benzene rings is 3. The van der Waals surface area contributed by atoms with E-state index < -0.39 is 19.5 Å². The Labute approximate surface area is 166 Å². The summed E-state index contributed by atoms with van der Waals surface area (Å²) in [6.45, 7) is 3.67. The molecule has 0 aliphatic rings. The van der Waals surface area contributed by atoms with E-state index in [1.807, 2.05) is 26.0 Å². The quantitative estimate of drug-likeness (QED) is 0.436. The lowest BCUT2D eigenvalue weighted by Gasteiger charge is -2.22. The van der Waals surface area contributed by atoms with Crippen LogP contribution in [-0.4, -0.2) is 0 Å². The van der Waals surface area contributed by atoms with Gasteiger partial charge in [0.05, 0.1) is 5.56 Å². The molecule has 0 amide bonds. The maximum atomic E-state index is 13.5. The van der Waals surface area contributed by atoms with Gasteiger partial charge in [-0.25, -0.2) is 4.57 Å². The molecule has 0 heterocycles. The Kier molecular flexibility index (Phi) is 5.89. The largest absolute Gasteiger partial charge is 0.541 e. The molecule has 3 aromatic carbocycles. The minimum absolute atomic E-state index is 0.0385. The van der Waals surface area contributed by atoms with E-state index in [0.29, 0.717) is 0 Å². The molecule has 0 spiro atoms. The molecular weight excluding hydrogens is 402 g/mol. The van der Waals surface area contributed by atoms with E-state index in [2.05, 4.69) is 5.09 Å². The molecule has 0 bridgehead atoms. The summed E-state index contributed by atoms with van der Waals surface area (Å²) in [6, 6.07) is 17.9. The Bertz CT molecular complexity index is 1000. The molecule has 3 rings (SSSR count).